The Morgan fingerprint density at radius 2 is 2.17 bits per heavy atom. The Labute approximate surface area is 141 Å². The van der Waals surface area contributed by atoms with Crippen LogP contribution in [0.25, 0.3) is 0 Å². The van der Waals surface area contributed by atoms with Gasteiger partial charge in [0, 0.05) is 23.5 Å². The molecule has 0 saturated heterocycles. The lowest BCUT2D eigenvalue weighted by atomic mass is 10.1. The topological polar surface area (TPSA) is 67.9 Å². The maximum absolute atomic E-state index is 13.1. The van der Waals surface area contributed by atoms with Crippen LogP contribution in [0.5, 0.6) is 0 Å². The first kappa shape index (κ1) is 16.4. The number of carbonyl (C=O) groups is 1. The molecule has 8 heteroatoms. The molecular formula is C16H15F2N3O2S. The number of rotatable bonds is 4. The number of nitrogens with two attached hydrogens (primary N) is 1. The standard InChI is InChI=1S/C16H15F2N3O2S/c17-12-2-1-10(7-13(12)18)16(19)20-23-9-15(22)21-5-3-14-11(8-21)4-6-24-14/h1-2,4,6-7H,3,5,8-9H2,(H2,19,20). The Kier molecular flexibility index (Phi) is 4.75. The maximum Gasteiger partial charge on any atom is 0.263 e. The fourth-order valence-electron chi connectivity index (χ4n) is 2.42. The Morgan fingerprint density at radius 1 is 1.33 bits per heavy atom. The van der Waals surface area contributed by atoms with Gasteiger partial charge in [0.1, 0.15) is 0 Å². The van der Waals surface area contributed by atoms with Crippen LogP contribution in [0.1, 0.15) is 16.0 Å². The molecule has 0 radical (unpaired) electrons. The van der Waals surface area contributed by atoms with Crippen molar-refractivity contribution in [3.8, 4) is 0 Å². The summed E-state index contributed by atoms with van der Waals surface area (Å²) in [5.41, 5.74) is 6.98. The lowest BCUT2D eigenvalue weighted by Gasteiger charge is -2.26. The summed E-state index contributed by atoms with van der Waals surface area (Å²) in [6, 6.07) is 5.16. The van der Waals surface area contributed by atoms with Gasteiger partial charge >= 0.3 is 0 Å². The molecular weight excluding hydrogens is 336 g/mol. The molecule has 3 rings (SSSR count). The molecule has 2 heterocycles. The molecule has 1 amide bonds. The summed E-state index contributed by atoms with van der Waals surface area (Å²) < 4.78 is 26.0. The maximum atomic E-state index is 13.1. The first-order valence-electron chi connectivity index (χ1n) is 7.28. The Morgan fingerprint density at radius 3 is 2.96 bits per heavy atom. The second-order valence-electron chi connectivity index (χ2n) is 5.31. The molecule has 1 aromatic heterocycles. The predicted octanol–water partition coefficient (Wildman–Crippen LogP) is 2.25. The molecule has 5 nitrogen and oxygen atoms in total. The van der Waals surface area contributed by atoms with E-state index in [9.17, 15) is 13.6 Å². The number of halogens is 2. The van der Waals surface area contributed by atoms with E-state index >= 15 is 0 Å². The summed E-state index contributed by atoms with van der Waals surface area (Å²) in [6.07, 6.45) is 0.832. The fraction of sp³-hybridized carbons (Fsp3) is 0.250. The molecule has 0 spiro atoms. The van der Waals surface area contributed by atoms with E-state index in [0.29, 0.717) is 13.1 Å². The SMILES string of the molecule is NC(=NOCC(=O)N1CCc2sccc2C1)c1ccc(F)c(F)c1. The second kappa shape index (κ2) is 6.96. The van der Waals surface area contributed by atoms with E-state index in [1.165, 1.54) is 10.9 Å². The first-order chi connectivity index (χ1) is 11.5. The summed E-state index contributed by atoms with van der Waals surface area (Å²) in [6.45, 7) is 0.936. The van der Waals surface area contributed by atoms with Gasteiger partial charge in [-0.3, -0.25) is 4.79 Å². The summed E-state index contributed by atoms with van der Waals surface area (Å²) in [5, 5.41) is 5.61. The predicted molar refractivity (Wildman–Crippen MR) is 86.5 cm³/mol. The van der Waals surface area contributed by atoms with Gasteiger partial charge in [-0.2, -0.15) is 0 Å². The van der Waals surface area contributed by atoms with E-state index in [1.54, 1.807) is 16.2 Å². The second-order valence-corrected chi connectivity index (χ2v) is 6.31. The van der Waals surface area contributed by atoms with Gasteiger partial charge in [-0.15, -0.1) is 11.3 Å². The Balaban J connectivity index is 1.55. The highest BCUT2D eigenvalue weighted by Gasteiger charge is 2.21. The van der Waals surface area contributed by atoms with E-state index < -0.39 is 11.6 Å². The quantitative estimate of drug-likeness (QED) is 0.522. The zero-order valence-electron chi connectivity index (χ0n) is 12.7. The summed E-state index contributed by atoms with van der Waals surface area (Å²) >= 11 is 1.70. The van der Waals surface area contributed by atoms with Gasteiger partial charge in [0.2, 0.25) is 0 Å². The van der Waals surface area contributed by atoms with Crippen LogP contribution in [-0.4, -0.2) is 29.8 Å². The van der Waals surface area contributed by atoms with Crippen LogP contribution < -0.4 is 5.73 Å². The highest BCUT2D eigenvalue weighted by Crippen LogP contribution is 2.23. The molecule has 2 N–H and O–H groups in total. The molecule has 1 aromatic carbocycles. The largest absolute Gasteiger partial charge is 0.384 e. The normalized spacial score (nSPS) is 14.4. The number of benzene rings is 1. The fourth-order valence-corrected chi connectivity index (χ4v) is 3.31. The molecule has 0 bridgehead atoms. The van der Waals surface area contributed by atoms with Crippen LogP contribution in [0.4, 0.5) is 8.78 Å². The van der Waals surface area contributed by atoms with Crippen LogP contribution in [0, 0.1) is 11.6 Å². The number of fused-ring (bicyclic) bond motifs is 1. The van der Waals surface area contributed by atoms with E-state index in [4.69, 9.17) is 10.6 Å². The van der Waals surface area contributed by atoms with Gasteiger partial charge in [-0.05, 0) is 41.6 Å². The van der Waals surface area contributed by atoms with Crippen molar-refractivity contribution in [1.29, 1.82) is 0 Å². The van der Waals surface area contributed by atoms with Crippen molar-refractivity contribution < 1.29 is 18.4 Å². The molecule has 24 heavy (non-hydrogen) atoms. The van der Waals surface area contributed by atoms with Crippen LogP contribution in [-0.2, 0) is 22.6 Å². The highest BCUT2D eigenvalue weighted by atomic mass is 32.1. The molecule has 0 aliphatic carbocycles. The molecule has 2 aromatic rings. The summed E-state index contributed by atoms with van der Waals surface area (Å²) in [5.74, 6) is -2.32. The van der Waals surface area contributed by atoms with Crippen molar-refractivity contribution >= 4 is 23.1 Å². The molecule has 0 atom stereocenters. The van der Waals surface area contributed by atoms with Crippen molar-refractivity contribution in [3.05, 3.63) is 57.3 Å². The Hall–Kier alpha value is -2.48. The minimum Gasteiger partial charge on any atom is -0.384 e. The smallest absolute Gasteiger partial charge is 0.263 e. The van der Waals surface area contributed by atoms with Gasteiger partial charge in [-0.25, -0.2) is 8.78 Å². The number of carbonyl (C=O) groups excluding carboxylic acids is 1. The minimum absolute atomic E-state index is 0.125. The van der Waals surface area contributed by atoms with Crippen LogP contribution in [0.3, 0.4) is 0 Å². The van der Waals surface area contributed by atoms with E-state index in [-0.39, 0.29) is 23.9 Å². The number of amidine groups is 1. The van der Waals surface area contributed by atoms with Crippen LogP contribution >= 0.6 is 11.3 Å². The zero-order valence-corrected chi connectivity index (χ0v) is 13.5. The molecule has 0 unspecified atom stereocenters. The van der Waals surface area contributed by atoms with Crippen molar-refractivity contribution in [2.75, 3.05) is 13.2 Å². The van der Waals surface area contributed by atoms with Gasteiger partial charge < -0.3 is 15.5 Å². The summed E-state index contributed by atoms with van der Waals surface area (Å²) in [4.78, 5) is 20.1. The van der Waals surface area contributed by atoms with E-state index in [1.807, 2.05) is 11.4 Å². The third kappa shape index (κ3) is 3.53. The first-order valence-corrected chi connectivity index (χ1v) is 8.16. The molecule has 1 aliphatic rings. The van der Waals surface area contributed by atoms with Gasteiger partial charge in [0.05, 0.1) is 0 Å². The van der Waals surface area contributed by atoms with Crippen molar-refractivity contribution in [3.63, 3.8) is 0 Å². The summed E-state index contributed by atoms with van der Waals surface area (Å²) in [7, 11) is 0. The monoisotopic (exact) mass is 351 g/mol. The lowest BCUT2D eigenvalue weighted by molar-refractivity contribution is -0.137. The van der Waals surface area contributed by atoms with Crippen molar-refractivity contribution in [2.45, 2.75) is 13.0 Å². The molecule has 0 saturated carbocycles. The zero-order chi connectivity index (χ0) is 17.1. The van der Waals surface area contributed by atoms with E-state index in [0.717, 1.165) is 24.1 Å². The van der Waals surface area contributed by atoms with Gasteiger partial charge in [-0.1, -0.05) is 5.16 Å². The third-order valence-electron chi connectivity index (χ3n) is 3.73. The number of hydrogen-bond donors (Lipinski definition) is 1. The molecule has 126 valence electrons. The number of hydrogen-bond acceptors (Lipinski definition) is 4. The number of nitrogens with zero attached hydrogens (tertiary/aromatic N) is 2. The van der Waals surface area contributed by atoms with Crippen LogP contribution in [0.15, 0.2) is 34.8 Å². The minimum atomic E-state index is -1.03. The van der Waals surface area contributed by atoms with Crippen molar-refractivity contribution in [1.82, 2.24) is 4.90 Å². The number of amides is 1. The molecule has 1 aliphatic heterocycles. The number of thiophene rings is 1. The lowest BCUT2D eigenvalue weighted by Crippen LogP contribution is -2.37. The Bertz CT molecular complexity index is 791. The average Bonchev–Trinajstić information content (AvgIpc) is 3.04. The van der Waals surface area contributed by atoms with Crippen LogP contribution in [0.2, 0.25) is 0 Å². The molecule has 0 fully saturated rings. The van der Waals surface area contributed by atoms with Crippen molar-refractivity contribution in [2.24, 2.45) is 10.9 Å². The number of oxime groups is 1. The van der Waals surface area contributed by atoms with Gasteiger partial charge in [0.15, 0.2) is 24.1 Å². The van der Waals surface area contributed by atoms with E-state index in [2.05, 4.69) is 5.16 Å². The third-order valence-corrected chi connectivity index (χ3v) is 4.75. The van der Waals surface area contributed by atoms with Gasteiger partial charge in [0.25, 0.3) is 5.91 Å². The highest BCUT2D eigenvalue weighted by molar-refractivity contribution is 7.10. The average molecular weight is 351 g/mol.